The largest absolute Gasteiger partial charge is 0.377 e. The van der Waals surface area contributed by atoms with Gasteiger partial charge in [-0.3, -0.25) is 0 Å². The highest BCUT2D eigenvalue weighted by molar-refractivity contribution is 7.98. The summed E-state index contributed by atoms with van der Waals surface area (Å²) in [5.74, 6) is 0. The molecule has 0 bridgehead atoms. The van der Waals surface area contributed by atoms with Crippen LogP contribution in [-0.4, -0.2) is 51.1 Å². The van der Waals surface area contributed by atoms with E-state index >= 15 is 0 Å². The summed E-state index contributed by atoms with van der Waals surface area (Å²) in [7, 11) is 3.09. The van der Waals surface area contributed by atoms with Gasteiger partial charge in [-0.15, -0.1) is 16.4 Å². The first-order valence-electron chi connectivity index (χ1n) is 5.45. The predicted molar refractivity (Wildman–Crippen MR) is 71.9 cm³/mol. The molecule has 0 fully saturated rings. The van der Waals surface area contributed by atoms with E-state index in [9.17, 15) is 9.59 Å². The lowest BCUT2D eigenvalue weighted by Crippen LogP contribution is -2.36. The van der Waals surface area contributed by atoms with Crippen molar-refractivity contribution >= 4 is 17.8 Å². The molecule has 0 aliphatic heterocycles. The minimum Gasteiger partial charge on any atom is -0.329 e. The van der Waals surface area contributed by atoms with Crippen LogP contribution in [0.25, 0.3) is 5.69 Å². The van der Waals surface area contributed by atoms with Gasteiger partial charge in [0.1, 0.15) is 0 Å². The van der Waals surface area contributed by atoms with E-state index in [2.05, 4.69) is 10.4 Å². The number of carbonyl (C=O) groups is 1. The van der Waals surface area contributed by atoms with Gasteiger partial charge >= 0.3 is 11.7 Å². The molecule has 0 saturated carbocycles. The number of amides is 1. The van der Waals surface area contributed by atoms with Crippen LogP contribution in [0.1, 0.15) is 0 Å². The third-order valence-corrected chi connectivity index (χ3v) is 3.21. The van der Waals surface area contributed by atoms with E-state index in [-0.39, 0.29) is 0 Å². The standard InChI is InChI=1S/C11H13N5O2S/c1-14(2)10(17)16-11(18)15(12-13-16)8-4-6-9(19-3)7-5-8/h4-7H,1-3H3. The smallest absolute Gasteiger partial charge is 0.329 e. The molecule has 0 N–H and O–H groups in total. The summed E-state index contributed by atoms with van der Waals surface area (Å²) in [4.78, 5) is 26.0. The predicted octanol–water partition coefficient (Wildman–Crippen LogP) is 0.681. The van der Waals surface area contributed by atoms with Gasteiger partial charge in [-0.25, -0.2) is 9.59 Å². The fourth-order valence-corrected chi connectivity index (χ4v) is 1.85. The number of aromatic nitrogens is 4. The van der Waals surface area contributed by atoms with Crippen LogP contribution in [-0.2, 0) is 0 Å². The first kappa shape index (κ1) is 13.3. The maximum atomic E-state index is 12.0. The van der Waals surface area contributed by atoms with E-state index < -0.39 is 11.7 Å². The van der Waals surface area contributed by atoms with Crippen LogP contribution in [0, 0.1) is 0 Å². The van der Waals surface area contributed by atoms with Crippen LogP contribution in [0.2, 0.25) is 0 Å². The molecule has 8 heteroatoms. The quantitative estimate of drug-likeness (QED) is 0.597. The fourth-order valence-electron chi connectivity index (χ4n) is 1.44. The number of tetrazole rings is 1. The van der Waals surface area contributed by atoms with Gasteiger partial charge in [0, 0.05) is 19.0 Å². The fraction of sp³-hybridized carbons (Fsp3) is 0.273. The molecule has 0 spiro atoms. The van der Waals surface area contributed by atoms with Crippen LogP contribution in [0.4, 0.5) is 4.79 Å². The highest BCUT2D eigenvalue weighted by Gasteiger charge is 2.16. The maximum absolute atomic E-state index is 12.0. The molecule has 0 atom stereocenters. The van der Waals surface area contributed by atoms with Crippen molar-refractivity contribution in [1.82, 2.24) is 24.7 Å². The van der Waals surface area contributed by atoms with Gasteiger partial charge in [0.2, 0.25) is 0 Å². The zero-order chi connectivity index (χ0) is 14.0. The van der Waals surface area contributed by atoms with Gasteiger partial charge in [-0.1, -0.05) is 0 Å². The third-order valence-electron chi connectivity index (χ3n) is 2.46. The SMILES string of the molecule is CSc1ccc(-n2nnn(C(=O)N(C)C)c2=O)cc1. The zero-order valence-corrected chi connectivity index (χ0v) is 11.6. The number of carbonyl (C=O) groups excluding carboxylic acids is 1. The lowest BCUT2D eigenvalue weighted by Gasteiger charge is -2.06. The Morgan fingerprint density at radius 2 is 1.84 bits per heavy atom. The summed E-state index contributed by atoms with van der Waals surface area (Å²) in [6, 6.07) is 6.73. The Labute approximate surface area is 113 Å². The van der Waals surface area contributed by atoms with Crippen molar-refractivity contribution in [2.45, 2.75) is 4.90 Å². The first-order chi connectivity index (χ1) is 9.04. The monoisotopic (exact) mass is 279 g/mol. The number of hydrogen-bond donors (Lipinski definition) is 0. The van der Waals surface area contributed by atoms with E-state index in [1.807, 2.05) is 18.4 Å². The third kappa shape index (κ3) is 2.53. The molecule has 7 nitrogen and oxygen atoms in total. The molecule has 0 aliphatic carbocycles. The van der Waals surface area contributed by atoms with E-state index in [0.717, 1.165) is 14.3 Å². The van der Waals surface area contributed by atoms with Crippen molar-refractivity contribution in [2.75, 3.05) is 20.4 Å². The number of nitrogens with zero attached hydrogens (tertiary/aromatic N) is 5. The molecule has 1 aromatic heterocycles. The Hall–Kier alpha value is -2.09. The Balaban J connectivity index is 2.41. The molecular formula is C11H13N5O2S. The Bertz CT molecular complexity index is 644. The summed E-state index contributed by atoms with van der Waals surface area (Å²) in [6.07, 6.45) is 1.97. The van der Waals surface area contributed by atoms with Crippen molar-refractivity contribution in [3.63, 3.8) is 0 Å². The van der Waals surface area contributed by atoms with Crippen molar-refractivity contribution in [3.8, 4) is 5.69 Å². The second-order valence-corrected chi connectivity index (χ2v) is 4.84. The van der Waals surface area contributed by atoms with Gasteiger partial charge in [0.25, 0.3) is 0 Å². The van der Waals surface area contributed by atoms with Crippen LogP contribution < -0.4 is 5.69 Å². The molecule has 1 amide bonds. The highest BCUT2D eigenvalue weighted by atomic mass is 32.2. The van der Waals surface area contributed by atoms with Crippen LogP contribution in [0.5, 0.6) is 0 Å². The molecule has 1 aromatic carbocycles. The molecule has 2 aromatic rings. The van der Waals surface area contributed by atoms with E-state index in [1.54, 1.807) is 38.0 Å². The second-order valence-electron chi connectivity index (χ2n) is 3.96. The number of benzene rings is 1. The van der Waals surface area contributed by atoms with Crippen molar-refractivity contribution in [1.29, 1.82) is 0 Å². The Kier molecular flexibility index (Phi) is 3.70. The summed E-state index contributed by atoms with van der Waals surface area (Å²) in [5.41, 5.74) is -0.0174. The average molecular weight is 279 g/mol. The molecular weight excluding hydrogens is 266 g/mol. The lowest BCUT2D eigenvalue weighted by atomic mass is 10.3. The van der Waals surface area contributed by atoms with Crippen LogP contribution >= 0.6 is 11.8 Å². The summed E-state index contributed by atoms with van der Waals surface area (Å²) in [5, 5.41) is 7.28. The number of rotatable bonds is 2. The van der Waals surface area contributed by atoms with Crippen molar-refractivity contribution < 1.29 is 4.79 Å². The van der Waals surface area contributed by atoms with Gasteiger partial charge in [0.15, 0.2) is 0 Å². The van der Waals surface area contributed by atoms with Gasteiger partial charge in [0.05, 0.1) is 5.69 Å². The summed E-state index contributed by atoms with van der Waals surface area (Å²) >= 11 is 1.60. The van der Waals surface area contributed by atoms with Crippen LogP contribution in [0.15, 0.2) is 34.0 Å². The van der Waals surface area contributed by atoms with E-state index in [1.165, 1.54) is 4.90 Å². The Morgan fingerprint density at radius 1 is 1.21 bits per heavy atom. The normalized spacial score (nSPS) is 10.5. The molecule has 19 heavy (non-hydrogen) atoms. The first-order valence-corrected chi connectivity index (χ1v) is 6.68. The zero-order valence-electron chi connectivity index (χ0n) is 10.8. The number of thioether (sulfide) groups is 1. The minimum atomic E-state index is -0.587. The summed E-state index contributed by atoms with van der Waals surface area (Å²) in [6.45, 7) is 0. The van der Waals surface area contributed by atoms with E-state index in [0.29, 0.717) is 5.69 Å². The maximum Gasteiger partial charge on any atom is 0.377 e. The molecule has 0 unspecified atom stereocenters. The van der Waals surface area contributed by atoms with Gasteiger partial charge < -0.3 is 4.90 Å². The van der Waals surface area contributed by atoms with Crippen molar-refractivity contribution in [2.24, 2.45) is 0 Å². The molecule has 1 heterocycles. The van der Waals surface area contributed by atoms with Gasteiger partial charge in [-0.05, 0) is 40.9 Å². The lowest BCUT2D eigenvalue weighted by molar-refractivity contribution is 0.214. The molecule has 100 valence electrons. The average Bonchev–Trinajstić information content (AvgIpc) is 2.79. The number of hydrogen-bond acceptors (Lipinski definition) is 5. The molecule has 0 saturated heterocycles. The Morgan fingerprint density at radius 3 is 2.37 bits per heavy atom. The van der Waals surface area contributed by atoms with Crippen molar-refractivity contribution in [3.05, 3.63) is 34.7 Å². The molecule has 0 radical (unpaired) electrons. The molecule has 0 aliphatic rings. The highest BCUT2D eigenvalue weighted by Crippen LogP contribution is 2.15. The topological polar surface area (TPSA) is 73.0 Å². The second kappa shape index (κ2) is 5.27. The summed E-state index contributed by atoms with van der Waals surface area (Å²) < 4.78 is 1.81. The van der Waals surface area contributed by atoms with Crippen LogP contribution in [0.3, 0.4) is 0 Å². The van der Waals surface area contributed by atoms with E-state index in [4.69, 9.17) is 0 Å². The molecule has 2 rings (SSSR count). The van der Waals surface area contributed by atoms with Gasteiger partial charge in [-0.2, -0.15) is 4.68 Å². The minimum absolute atomic E-state index is 0.531.